The summed E-state index contributed by atoms with van der Waals surface area (Å²) < 4.78 is 24.1. The molecule has 0 spiro atoms. The molecule has 0 aliphatic carbocycles. The normalized spacial score (nSPS) is 16.8. The maximum Gasteiger partial charge on any atom is 0.226 e. The number of rotatable bonds is 8. The van der Waals surface area contributed by atoms with Gasteiger partial charge in [0.1, 0.15) is 11.6 Å². The standard InChI is InChI=1S/C19H22FNO3S/c20-15-5-7-16(8-6-15)24-11-9-19(22)21(13-17-3-1-10-23-17)14-18-4-2-12-25-18/h2,4-8,12,17H,1,3,9-11,13-14H2. The monoisotopic (exact) mass is 363 g/mol. The van der Waals surface area contributed by atoms with E-state index in [4.69, 9.17) is 9.47 Å². The molecule has 1 aromatic carbocycles. The number of carbonyl (C=O) groups excluding carboxylic acids is 1. The summed E-state index contributed by atoms with van der Waals surface area (Å²) in [5.41, 5.74) is 0. The van der Waals surface area contributed by atoms with Gasteiger partial charge in [-0.15, -0.1) is 11.3 Å². The highest BCUT2D eigenvalue weighted by molar-refractivity contribution is 7.09. The number of halogens is 1. The van der Waals surface area contributed by atoms with Crippen LogP contribution in [0, 0.1) is 5.82 Å². The fourth-order valence-corrected chi connectivity index (χ4v) is 3.54. The van der Waals surface area contributed by atoms with Gasteiger partial charge in [-0.3, -0.25) is 4.79 Å². The summed E-state index contributed by atoms with van der Waals surface area (Å²) >= 11 is 1.65. The Hall–Kier alpha value is -1.92. The molecule has 2 heterocycles. The first-order chi connectivity index (χ1) is 12.2. The van der Waals surface area contributed by atoms with Gasteiger partial charge < -0.3 is 14.4 Å². The molecule has 0 bridgehead atoms. The van der Waals surface area contributed by atoms with Crippen molar-refractivity contribution in [2.24, 2.45) is 0 Å². The molecule has 1 aliphatic heterocycles. The van der Waals surface area contributed by atoms with Crippen molar-refractivity contribution >= 4 is 17.2 Å². The van der Waals surface area contributed by atoms with E-state index in [0.717, 1.165) is 24.3 Å². The first-order valence-corrected chi connectivity index (χ1v) is 9.39. The summed E-state index contributed by atoms with van der Waals surface area (Å²) in [5, 5.41) is 2.02. The molecular formula is C19H22FNO3S. The first-order valence-electron chi connectivity index (χ1n) is 8.51. The summed E-state index contributed by atoms with van der Waals surface area (Å²) in [5.74, 6) is 0.311. The molecule has 1 fully saturated rings. The van der Waals surface area contributed by atoms with Crippen LogP contribution in [0.5, 0.6) is 5.75 Å². The number of amides is 1. The molecule has 1 aromatic heterocycles. The smallest absolute Gasteiger partial charge is 0.226 e. The number of benzene rings is 1. The number of nitrogens with zero attached hydrogens (tertiary/aromatic N) is 1. The molecule has 0 N–H and O–H groups in total. The van der Waals surface area contributed by atoms with E-state index in [0.29, 0.717) is 18.8 Å². The van der Waals surface area contributed by atoms with Crippen LogP contribution in [-0.4, -0.2) is 36.7 Å². The Labute approximate surface area is 151 Å². The number of thiophene rings is 1. The largest absolute Gasteiger partial charge is 0.493 e. The summed E-state index contributed by atoms with van der Waals surface area (Å²) in [6.45, 7) is 2.27. The van der Waals surface area contributed by atoms with Crippen LogP contribution < -0.4 is 4.74 Å². The summed E-state index contributed by atoms with van der Waals surface area (Å²) in [4.78, 5) is 15.7. The molecular weight excluding hydrogens is 341 g/mol. The predicted molar refractivity (Wildman–Crippen MR) is 95.2 cm³/mol. The average molecular weight is 363 g/mol. The van der Waals surface area contributed by atoms with Crippen LogP contribution in [0.3, 0.4) is 0 Å². The third-order valence-electron chi connectivity index (χ3n) is 4.13. The zero-order valence-corrected chi connectivity index (χ0v) is 14.8. The molecule has 1 saturated heterocycles. The van der Waals surface area contributed by atoms with E-state index < -0.39 is 0 Å². The zero-order chi connectivity index (χ0) is 17.5. The SMILES string of the molecule is O=C(CCOc1ccc(F)cc1)N(Cc1cccs1)CC1CCCO1. The Balaban J connectivity index is 1.52. The number of hydrogen-bond acceptors (Lipinski definition) is 4. The van der Waals surface area contributed by atoms with Crippen LogP contribution >= 0.6 is 11.3 Å². The van der Waals surface area contributed by atoms with Crippen LogP contribution in [-0.2, 0) is 16.1 Å². The topological polar surface area (TPSA) is 38.8 Å². The Morgan fingerprint density at radius 3 is 2.84 bits per heavy atom. The molecule has 1 amide bonds. The molecule has 4 nitrogen and oxygen atoms in total. The molecule has 2 aromatic rings. The van der Waals surface area contributed by atoms with Crippen LogP contribution in [0.15, 0.2) is 41.8 Å². The van der Waals surface area contributed by atoms with Crippen LogP contribution in [0.4, 0.5) is 4.39 Å². The van der Waals surface area contributed by atoms with Gasteiger partial charge in [0.2, 0.25) is 5.91 Å². The second-order valence-corrected chi connectivity index (χ2v) is 7.07. The number of carbonyl (C=O) groups is 1. The number of ether oxygens (including phenoxy) is 2. The molecule has 1 aliphatic rings. The fraction of sp³-hybridized carbons (Fsp3) is 0.421. The van der Waals surface area contributed by atoms with Gasteiger partial charge in [-0.1, -0.05) is 6.07 Å². The van der Waals surface area contributed by atoms with Crippen molar-refractivity contribution in [2.75, 3.05) is 19.8 Å². The highest BCUT2D eigenvalue weighted by Gasteiger charge is 2.23. The minimum atomic E-state index is -0.304. The minimum Gasteiger partial charge on any atom is -0.493 e. The van der Waals surface area contributed by atoms with E-state index in [2.05, 4.69) is 0 Å². The van der Waals surface area contributed by atoms with Crippen molar-refractivity contribution in [3.63, 3.8) is 0 Å². The van der Waals surface area contributed by atoms with Gasteiger partial charge in [-0.2, -0.15) is 0 Å². The van der Waals surface area contributed by atoms with Crippen molar-refractivity contribution in [1.29, 1.82) is 0 Å². The van der Waals surface area contributed by atoms with Crippen LogP contribution in [0.2, 0.25) is 0 Å². The van der Waals surface area contributed by atoms with E-state index in [1.165, 1.54) is 12.1 Å². The summed E-state index contributed by atoms with van der Waals surface area (Å²) in [7, 11) is 0. The molecule has 25 heavy (non-hydrogen) atoms. The van der Waals surface area contributed by atoms with Crippen LogP contribution in [0.1, 0.15) is 24.1 Å². The highest BCUT2D eigenvalue weighted by atomic mass is 32.1. The lowest BCUT2D eigenvalue weighted by Crippen LogP contribution is -2.37. The van der Waals surface area contributed by atoms with Crippen molar-refractivity contribution < 1.29 is 18.7 Å². The van der Waals surface area contributed by atoms with Gasteiger partial charge in [0.25, 0.3) is 0 Å². The third-order valence-corrected chi connectivity index (χ3v) is 4.99. The second kappa shape index (κ2) is 8.97. The lowest BCUT2D eigenvalue weighted by molar-refractivity contribution is -0.133. The molecule has 3 rings (SSSR count). The van der Waals surface area contributed by atoms with Gasteiger partial charge in [-0.25, -0.2) is 4.39 Å². The molecule has 0 radical (unpaired) electrons. The highest BCUT2D eigenvalue weighted by Crippen LogP contribution is 2.18. The van der Waals surface area contributed by atoms with E-state index in [9.17, 15) is 9.18 Å². The van der Waals surface area contributed by atoms with Gasteiger partial charge in [0, 0.05) is 18.0 Å². The Kier molecular flexibility index (Phi) is 6.42. The molecule has 0 saturated carbocycles. The average Bonchev–Trinajstić information content (AvgIpc) is 3.30. The Morgan fingerprint density at radius 2 is 2.16 bits per heavy atom. The van der Waals surface area contributed by atoms with Gasteiger partial charge in [-0.05, 0) is 48.6 Å². The predicted octanol–water partition coefficient (Wildman–Crippen LogP) is 3.86. The Morgan fingerprint density at radius 1 is 1.32 bits per heavy atom. The molecule has 1 unspecified atom stereocenters. The third kappa shape index (κ3) is 5.54. The lowest BCUT2D eigenvalue weighted by Gasteiger charge is -2.25. The summed E-state index contributed by atoms with van der Waals surface area (Å²) in [6, 6.07) is 9.85. The molecule has 134 valence electrons. The van der Waals surface area contributed by atoms with Crippen molar-refractivity contribution in [1.82, 2.24) is 4.90 Å². The van der Waals surface area contributed by atoms with E-state index >= 15 is 0 Å². The van der Waals surface area contributed by atoms with Crippen molar-refractivity contribution in [3.8, 4) is 5.75 Å². The molecule has 6 heteroatoms. The Bertz CT molecular complexity index is 654. The van der Waals surface area contributed by atoms with Gasteiger partial charge in [0.05, 0.1) is 25.7 Å². The van der Waals surface area contributed by atoms with Crippen LogP contribution in [0.25, 0.3) is 0 Å². The van der Waals surface area contributed by atoms with Crippen molar-refractivity contribution in [2.45, 2.75) is 31.9 Å². The first kappa shape index (κ1) is 17.9. The maximum absolute atomic E-state index is 12.9. The zero-order valence-electron chi connectivity index (χ0n) is 14.0. The van der Waals surface area contributed by atoms with E-state index in [1.54, 1.807) is 23.5 Å². The maximum atomic E-state index is 12.9. The quantitative estimate of drug-likeness (QED) is 0.715. The van der Waals surface area contributed by atoms with Gasteiger partial charge >= 0.3 is 0 Å². The van der Waals surface area contributed by atoms with E-state index in [-0.39, 0.29) is 30.9 Å². The second-order valence-electron chi connectivity index (χ2n) is 6.04. The summed E-state index contributed by atoms with van der Waals surface area (Å²) in [6.07, 6.45) is 2.47. The fourth-order valence-electron chi connectivity index (χ4n) is 2.82. The van der Waals surface area contributed by atoms with Gasteiger partial charge in [0.15, 0.2) is 0 Å². The lowest BCUT2D eigenvalue weighted by atomic mass is 10.2. The number of hydrogen-bond donors (Lipinski definition) is 0. The minimum absolute atomic E-state index is 0.0472. The van der Waals surface area contributed by atoms with E-state index in [1.807, 2.05) is 22.4 Å². The van der Waals surface area contributed by atoms with Crippen molar-refractivity contribution in [3.05, 3.63) is 52.5 Å². The molecule has 1 atom stereocenters.